The second-order valence-electron chi connectivity index (χ2n) is 5.32. The molecule has 1 aromatic heterocycles. The van der Waals surface area contributed by atoms with E-state index in [1.807, 2.05) is 30.3 Å². The number of amides is 1. The molecule has 2 N–H and O–H groups in total. The van der Waals surface area contributed by atoms with Gasteiger partial charge in [0.15, 0.2) is 0 Å². The van der Waals surface area contributed by atoms with Gasteiger partial charge in [-0.05, 0) is 23.8 Å². The highest BCUT2D eigenvalue weighted by atomic mass is 19.1. The van der Waals surface area contributed by atoms with Gasteiger partial charge in [0.2, 0.25) is 0 Å². The number of hydrogen-bond donors (Lipinski definition) is 2. The lowest BCUT2D eigenvalue weighted by Crippen LogP contribution is -2.33. The Balaban J connectivity index is 1.88. The summed E-state index contributed by atoms with van der Waals surface area (Å²) in [5, 5.41) is 9.62. The van der Waals surface area contributed by atoms with Crippen LogP contribution in [0.1, 0.15) is 16.1 Å². The lowest BCUT2D eigenvalue weighted by molar-refractivity contribution is 0.0703. The molecule has 3 aromatic rings. The van der Waals surface area contributed by atoms with E-state index in [0.29, 0.717) is 23.1 Å². The minimum Gasteiger partial charge on any atom is -0.395 e. The Bertz CT molecular complexity index is 814. The molecule has 0 bridgehead atoms. The zero-order valence-electron chi connectivity index (χ0n) is 12.5. The number of aliphatic hydroxyl groups is 1. The van der Waals surface area contributed by atoms with Gasteiger partial charge in [0, 0.05) is 24.0 Å². The van der Waals surface area contributed by atoms with Gasteiger partial charge in [0.05, 0.1) is 6.61 Å². The lowest BCUT2D eigenvalue weighted by Gasteiger charge is -2.21. The maximum Gasteiger partial charge on any atom is 0.270 e. The first kappa shape index (κ1) is 15.2. The quantitative estimate of drug-likeness (QED) is 0.761. The molecule has 0 aliphatic heterocycles. The zero-order chi connectivity index (χ0) is 16.2. The maximum atomic E-state index is 13.8. The number of nitrogens with one attached hydrogen (secondary N) is 1. The second-order valence-corrected chi connectivity index (χ2v) is 5.32. The van der Waals surface area contributed by atoms with Gasteiger partial charge < -0.3 is 15.0 Å². The van der Waals surface area contributed by atoms with Crippen LogP contribution < -0.4 is 0 Å². The van der Waals surface area contributed by atoms with Crippen LogP contribution in [0, 0.1) is 5.82 Å². The minimum atomic E-state index is -0.366. The van der Waals surface area contributed by atoms with Crippen molar-refractivity contribution in [1.29, 1.82) is 0 Å². The Labute approximate surface area is 133 Å². The number of carbonyl (C=O) groups excluding carboxylic acids is 1. The average molecular weight is 312 g/mol. The molecule has 0 radical (unpaired) electrons. The minimum absolute atomic E-state index is 0.132. The van der Waals surface area contributed by atoms with Crippen LogP contribution in [0.25, 0.3) is 10.9 Å². The predicted molar refractivity (Wildman–Crippen MR) is 86.5 cm³/mol. The number of rotatable bonds is 5. The Morgan fingerprint density at radius 2 is 1.91 bits per heavy atom. The van der Waals surface area contributed by atoms with Crippen molar-refractivity contribution in [2.24, 2.45) is 0 Å². The van der Waals surface area contributed by atoms with Crippen molar-refractivity contribution in [2.75, 3.05) is 13.2 Å². The summed E-state index contributed by atoms with van der Waals surface area (Å²) in [5.74, 6) is -0.631. The molecule has 0 aliphatic carbocycles. The van der Waals surface area contributed by atoms with Crippen molar-refractivity contribution in [3.8, 4) is 0 Å². The summed E-state index contributed by atoms with van der Waals surface area (Å²) in [6, 6.07) is 15.7. The molecule has 0 fully saturated rings. The Hall–Kier alpha value is -2.66. The van der Waals surface area contributed by atoms with E-state index in [0.717, 1.165) is 5.56 Å². The van der Waals surface area contributed by atoms with Crippen LogP contribution in [-0.4, -0.2) is 34.0 Å². The number of aromatic amines is 1. The molecular formula is C18H17FN2O2. The average Bonchev–Trinajstić information content (AvgIpc) is 3.00. The fraction of sp³-hybridized carbons (Fsp3) is 0.167. The molecule has 118 valence electrons. The summed E-state index contributed by atoms with van der Waals surface area (Å²) in [5.41, 5.74) is 1.86. The molecule has 0 saturated heterocycles. The normalized spacial score (nSPS) is 10.9. The topological polar surface area (TPSA) is 56.3 Å². The summed E-state index contributed by atoms with van der Waals surface area (Å²) >= 11 is 0. The van der Waals surface area contributed by atoms with Gasteiger partial charge in [-0.2, -0.15) is 0 Å². The first-order valence-corrected chi connectivity index (χ1v) is 7.40. The summed E-state index contributed by atoms with van der Waals surface area (Å²) in [6.07, 6.45) is 0. The monoisotopic (exact) mass is 312 g/mol. The van der Waals surface area contributed by atoms with Crippen LogP contribution in [0.5, 0.6) is 0 Å². The van der Waals surface area contributed by atoms with E-state index in [1.165, 1.54) is 17.0 Å². The molecule has 3 rings (SSSR count). The number of fused-ring (bicyclic) bond motifs is 1. The molecule has 0 spiro atoms. The van der Waals surface area contributed by atoms with Gasteiger partial charge in [0.1, 0.15) is 11.5 Å². The largest absolute Gasteiger partial charge is 0.395 e. The predicted octanol–water partition coefficient (Wildman–Crippen LogP) is 2.94. The lowest BCUT2D eigenvalue weighted by atomic mass is 10.2. The number of hydrogen-bond acceptors (Lipinski definition) is 2. The third kappa shape index (κ3) is 3.24. The molecule has 0 saturated carbocycles. The summed E-state index contributed by atoms with van der Waals surface area (Å²) in [4.78, 5) is 17.2. The number of H-pyrrole nitrogens is 1. The number of halogens is 1. The van der Waals surface area contributed by atoms with E-state index in [-0.39, 0.29) is 24.9 Å². The Morgan fingerprint density at radius 1 is 1.13 bits per heavy atom. The van der Waals surface area contributed by atoms with Crippen molar-refractivity contribution < 1.29 is 14.3 Å². The zero-order valence-corrected chi connectivity index (χ0v) is 12.5. The summed E-state index contributed by atoms with van der Waals surface area (Å²) in [7, 11) is 0. The van der Waals surface area contributed by atoms with Crippen LogP contribution in [0.4, 0.5) is 4.39 Å². The molecule has 1 heterocycles. The van der Waals surface area contributed by atoms with Gasteiger partial charge in [-0.1, -0.05) is 36.4 Å². The molecule has 5 heteroatoms. The Morgan fingerprint density at radius 3 is 2.61 bits per heavy atom. The van der Waals surface area contributed by atoms with Gasteiger partial charge >= 0.3 is 0 Å². The van der Waals surface area contributed by atoms with Gasteiger partial charge in [-0.25, -0.2) is 4.39 Å². The fourth-order valence-electron chi connectivity index (χ4n) is 2.58. The van der Waals surface area contributed by atoms with Gasteiger partial charge in [-0.3, -0.25) is 4.79 Å². The van der Waals surface area contributed by atoms with E-state index in [4.69, 9.17) is 0 Å². The Kier molecular flexibility index (Phi) is 4.39. The molecule has 0 unspecified atom stereocenters. The molecule has 0 aliphatic rings. The summed E-state index contributed by atoms with van der Waals surface area (Å²) < 4.78 is 13.8. The van der Waals surface area contributed by atoms with Crippen LogP contribution in [0.2, 0.25) is 0 Å². The molecule has 4 nitrogen and oxygen atoms in total. The van der Waals surface area contributed by atoms with Crippen molar-refractivity contribution in [2.45, 2.75) is 6.54 Å². The van der Waals surface area contributed by atoms with Crippen LogP contribution in [-0.2, 0) is 6.54 Å². The fourth-order valence-corrected chi connectivity index (χ4v) is 2.58. The first-order chi connectivity index (χ1) is 11.2. The van der Waals surface area contributed by atoms with E-state index in [2.05, 4.69) is 4.98 Å². The molecule has 2 aromatic carbocycles. The van der Waals surface area contributed by atoms with E-state index < -0.39 is 0 Å². The van der Waals surface area contributed by atoms with Gasteiger partial charge in [-0.15, -0.1) is 0 Å². The van der Waals surface area contributed by atoms with Crippen LogP contribution in [0.15, 0.2) is 54.6 Å². The highest BCUT2D eigenvalue weighted by Crippen LogP contribution is 2.20. The van der Waals surface area contributed by atoms with Crippen molar-refractivity contribution >= 4 is 16.8 Å². The number of benzene rings is 2. The second kappa shape index (κ2) is 6.62. The van der Waals surface area contributed by atoms with Crippen molar-refractivity contribution in [1.82, 2.24) is 9.88 Å². The smallest absolute Gasteiger partial charge is 0.270 e. The van der Waals surface area contributed by atoms with Gasteiger partial charge in [0.25, 0.3) is 5.91 Å². The van der Waals surface area contributed by atoms with Crippen molar-refractivity contribution in [3.05, 3.63) is 71.7 Å². The molecular weight excluding hydrogens is 295 g/mol. The van der Waals surface area contributed by atoms with Crippen LogP contribution in [0.3, 0.4) is 0 Å². The maximum absolute atomic E-state index is 13.8. The molecule has 0 atom stereocenters. The molecule has 1 amide bonds. The number of aromatic nitrogens is 1. The third-order valence-corrected chi connectivity index (χ3v) is 3.71. The van der Waals surface area contributed by atoms with Crippen molar-refractivity contribution in [3.63, 3.8) is 0 Å². The number of nitrogens with zero attached hydrogens (tertiary/aromatic N) is 1. The standard InChI is InChI=1S/C18H17FN2O2/c19-15-7-4-8-16-14(15)11-17(20-16)18(23)21(9-10-22)12-13-5-2-1-3-6-13/h1-8,11,20,22H,9-10,12H2. The SMILES string of the molecule is O=C(c1cc2c(F)cccc2[nH]1)N(CCO)Cc1ccccc1. The highest BCUT2D eigenvalue weighted by Gasteiger charge is 2.18. The molecule has 23 heavy (non-hydrogen) atoms. The number of aliphatic hydroxyl groups excluding tert-OH is 1. The van der Waals surface area contributed by atoms with E-state index in [9.17, 15) is 14.3 Å². The van der Waals surface area contributed by atoms with Crippen LogP contribution >= 0.6 is 0 Å². The summed E-state index contributed by atoms with van der Waals surface area (Å²) in [6.45, 7) is 0.469. The number of carbonyl (C=O) groups is 1. The third-order valence-electron chi connectivity index (χ3n) is 3.71. The van der Waals surface area contributed by atoms with E-state index in [1.54, 1.807) is 12.1 Å². The highest BCUT2D eigenvalue weighted by molar-refractivity contribution is 5.98. The first-order valence-electron chi connectivity index (χ1n) is 7.40. The van der Waals surface area contributed by atoms with E-state index >= 15 is 0 Å².